The van der Waals surface area contributed by atoms with Crippen molar-refractivity contribution in [2.75, 3.05) is 7.05 Å². The van der Waals surface area contributed by atoms with E-state index in [1.54, 1.807) is 13.1 Å². The molecule has 0 aliphatic carbocycles. The molecule has 2 N–H and O–H groups in total. The predicted molar refractivity (Wildman–Crippen MR) is 97.5 cm³/mol. The van der Waals surface area contributed by atoms with Crippen molar-refractivity contribution in [3.8, 4) is 17.2 Å². The van der Waals surface area contributed by atoms with Crippen LogP contribution >= 0.6 is 0 Å². The maximum Gasteiger partial charge on any atom is 0.234 e. The molecule has 5 nitrogen and oxygen atoms in total. The first-order valence-electron chi connectivity index (χ1n) is 8.11. The lowest BCUT2D eigenvalue weighted by atomic mass is 9.78. The van der Waals surface area contributed by atoms with E-state index in [1.165, 1.54) is 4.90 Å². The number of rotatable bonds is 2. The van der Waals surface area contributed by atoms with Gasteiger partial charge in [-0.1, -0.05) is 37.3 Å². The summed E-state index contributed by atoms with van der Waals surface area (Å²) in [5.74, 6) is -0.153. The molecular weight excluding hydrogens is 312 g/mol. The van der Waals surface area contributed by atoms with Crippen molar-refractivity contribution in [1.82, 2.24) is 4.90 Å². The number of guanidine groups is 1. The zero-order valence-electron chi connectivity index (χ0n) is 14.5. The van der Waals surface area contributed by atoms with Gasteiger partial charge in [0.15, 0.2) is 5.96 Å². The molecule has 25 heavy (non-hydrogen) atoms. The van der Waals surface area contributed by atoms with Gasteiger partial charge >= 0.3 is 0 Å². The van der Waals surface area contributed by atoms with Crippen molar-refractivity contribution in [1.29, 1.82) is 5.26 Å². The molecule has 126 valence electrons. The molecule has 3 rings (SSSR count). The minimum atomic E-state index is -0.726. The molecular formula is C20H20N4O. The number of carbonyl (C=O) groups excluding carboxylic acids is 1. The van der Waals surface area contributed by atoms with Gasteiger partial charge in [0.05, 0.1) is 23.1 Å². The van der Waals surface area contributed by atoms with Crippen molar-refractivity contribution in [2.24, 2.45) is 16.6 Å². The van der Waals surface area contributed by atoms with Crippen LogP contribution in [0.15, 0.2) is 53.5 Å². The third-order valence-corrected chi connectivity index (χ3v) is 5.01. The quantitative estimate of drug-likeness (QED) is 0.918. The number of nitrogens with zero attached hydrogens (tertiary/aromatic N) is 3. The summed E-state index contributed by atoms with van der Waals surface area (Å²) in [5, 5.41) is 9.10. The van der Waals surface area contributed by atoms with Gasteiger partial charge in [0.1, 0.15) is 0 Å². The third-order valence-electron chi connectivity index (χ3n) is 5.01. The zero-order chi connectivity index (χ0) is 18.2. The SMILES string of the molecule is CC1C(=O)N(C)C(N)=N[C@]1(C)c1cccc(-c2cccc(C#N)c2)c1. The van der Waals surface area contributed by atoms with Gasteiger partial charge in [-0.3, -0.25) is 9.69 Å². The molecule has 0 fully saturated rings. The average Bonchev–Trinajstić information content (AvgIpc) is 2.65. The van der Waals surface area contributed by atoms with Crippen LogP contribution in [0.5, 0.6) is 0 Å². The first-order chi connectivity index (χ1) is 11.9. The van der Waals surface area contributed by atoms with Crippen LogP contribution in [0.2, 0.25) is 0 Å². The fourth-order valence-electron chi connectivity index (χ4n) is 3.15. The van der Waals surface area contributed by atoms with Crippen LogP contribution in [0.25, 0.3) is 11.1 Å². The lowest BCUT2D eigenvalue weighted by Gasteiger charge is -2.39. The second-order valence-corrected chi connectivity index (χ2v) is 6.51. The zero-order valence-corrected chi connectivity index (χ0v) is 14.5. The van der Waals surface area contributed by atoms with Crippen LogP contribution in [0.1, 0.15) is 25.0 Å². The minimum Gasteiger partial charge on any atom is -0.369 e. The smallest absolute Gasteiger partial charge is 0.234 e. The molecule has 2 atom stereocenters. The van der Waals surface area contributed by atoms with E-state index in [1.807, 2.05) is 56.3 Å². The molecule has 2 aromatic rings. The van der Waals surface area contributed by atoms with Crippen LogP contribution in [0, 0.1) is 17.2 Å². The van der Waals surface area contributed by atoms with Gasteiger partial charge in [0, 0.05) is 7.05 Å². The number of amides is 1. The first kappa shape index (κ1) is 16.7. The first-order valence-corrected chi connectivity index (χ1v) is 8.11. The lowest BCUT2D eigenvalue weighted by Crippen LogP contribution is -2.52. The molecule has 0 spiro atoms. The maximum absolute atomic E-state index is 12.5. The Morgan fingerprint density at radius 1 is 1.20 bits per heavy atom. The molecule has 2 aromatic carbocycles. The summed E-state index contributed by atoms with van der Waals surface area (Å²) in [6, 6.07) is 17.5. The van der Waals surface area contributed by atoms with Crippen molar-refractivity contribution in [3.63, 3.8) is 0 Å². The highest BCUT2D eigenvalue weighted by atomic mass is 16.2. The van der Waals surface area contributed by atoms with Gasteiger partial charge < -0.3 is 5.73 Å². The molecule has 0 saturated carbocycles. The van der Waals surface area contributed by atoms with Gasteiger partial charge in [-0.2, -0.15) is 5.26 Å². The Kier molecular flexibility index (Phi) is 4.05. The summed E-state index contributed by atoms with van der Waals surface area (Å²) in [6.45, 7) is 3.80. The fourth-order valence-corrected chi connectivity index (χ4v) is 3.15. The van der Waals surface area contributed by atoms with Crippen molar-refractivity contribution in [3.05, 3.63) is 59.7 Å². The standard InChI is InChI=1S/C20H20N4O/c1-13-18(25)24(3)19(22)23-20(13,2)17-9-5-8-16(11-17)15-7-4-6-14(10-15)12-21/h4-11,13H,1-3H3,(H2,22,23)/t13?,20-/m0/s1. The second-order valence-electron chi connectivity index (χ2n) is 6.51. The van der Waals surface area contributed by atoms with Gasteiger partial charge in [-0.15, -0.1) is 0 Å². The van der Waals surface area contributed by atoms with Gasteiger partial charge in [-0.05, 0) is 41.8 Å². The van der Waals surface area contributed by atoms with Crippen molar-refractivity contribution >= 4 is 11.9 Å². The summed E-state index contributed by atoms with van der Waals surface area (Å²) in [7, 11) is 1.64. The Hall–Kier alpha value is -3.13. The fraction of sp³-hybridized carbons (Fsp3) is 0.250. The van der Waals surface area contributed by atoms with E-state index < -0.39 is 5.54 Å². The Morgan fingerprint density at radius 2 is 1.84 bits per heavy atom. The van der Waals surface area contributed by atoms with Gasteiger partial charge in [-0.25, -0.2) is 4.99 Å². The van der Waals surface area contributed by atoms with Crippen LogP contribution in [0.4, 0.5) is 0 Å². The number of carbonyl (C=O) groups is 1. The maximum atomic E-state index is 12.5. The summed E-state index contributed by atoms with van der Waals surface area (Å²) in [6.07, 6.45) is 0. The number of aliphatic imine (C=N–C) groups is 1. The Bertz CT molecular complexity index is 912. The highest BCUT2D eigenvalue weighted by Crippen LogP contribution is 2.38. The number of benzene rings is 2. The largest absolute Gasteiger partial charge is 0.369 e. The molecule has 1 amide bonds. The van der Waals surface area contributed by atoms with Crippen molar-refractivity contribution in [2.45, 2.75) is 19.4 Å². The molecule has 0 bridgehead atoms. The summed E-state index contributed by atoms with van der Waals surface area (Å²) in [4.78, 5) is 18.5. The molecule has 5 heteroatoms. The van der Waals surface area contributed by atoms with Crippen LogP contribution in [-0.2, 0) is 10.3 Å². The highest BCUT2D eigenvalue weighted by molar-refractivity contribution is 6.00. The van der Waals surface area contributed by atoms with Crippen LogP contribution < -0.4 is 5.73 Å². The van der Waals surface area contributed by atoms with Gasteiger partial charge in [0.25, 0.3) is 0 Å². The highest BCUT2D eigenvalue weighted by Gasteiger charge is 2.43. The van der Waals surface area contributed by atoms with E-state index in [0.717, 1.165) is 16.7 Å². The molecule has 1 aliphatic rings. The molecule has 0 saturated heterocycles. The number of nitriles is 1. The van der Waals surface area contributed by atoms with E-state index in [2.05, 4.69) is 11.1 Å². The van der Waals surface area contributed by atoms with E-state index >= 15 is 0 Å². The normalized spacial score (nSPS) is 23.1. The Balaban J connectivity index is 2.10. The van der Waals surface area contributed by atoms with Crippen LogP contribution in [0.3, 0.4) is 0 Å². The average molecular weight is 332 g/mol. The van der Waals surface area contributed by atoms with E-state index in [4.69, 9.17) is 11.0 Å². The topological polar surface area (TPSA) is 82.5 Å². The lowest BCUT2D eigenvalue weighted by molar-refractivity contribution is -0.133. The monoisotopic (exact) mass is 332 g/mol. The van der Waals surface area contributed by atoms with Gasteiger partial charge in [0.2, 0.25) is 5.91 Å². The molecule has 1 heterocycles. The second kappa shape index (κ2) is 6.06. The van der Waals surface area contributed by atoms with E-state index in [0.29, 0.717) is 5.56 Å². The predicted octanol–water partition coefficient (Wildman–Crippen LogP) is 2.86. The van der Waals surface area contributed by atoms with E-state index in [9.17, 15) is 4.79 Å². The van der Waals surface area contributed by atoms with E-state index in [-0.39, 0.29) is 17.8 Å². The number of hydrogen-bond acceptors (Lipinski definition) is 4. The third kappa shape index (κ3) is 2.76. The Labute approximate surface area is 147 Å². The molecule has 0 radical (unpaired) electrons. The summed E-state index contributed by atoms with van der Waals surface area (Å²) >= 11 is 0. The molecule has 1 aliphatic heterocycles. The molecule has 1 unspecified atom stereocenters. The summed E-state index contributed by atoms with van der Waals surface area (Å²) < 4.78 is 0. The minimum absolute atomic E-state index is 0.0492. The summed E-state index contributed by atoms with van der Waals surface area (Å²) in [5.41, 5.74) is 8.68. The van der Waals surface area contributed by atoms with Crippen LogP contribution in [-0.4, -0.2) is 23.8 Å². The Morgan fingerprint density at radius 3 is 2.52 bits per heavy atom. The molecule has 0 aromatic heterocycles. The number of nitrogens with two attached hydrogens (primary N) is 1. The number of hydrogen-bond donors (Lipinski definition) is 1. The van der Waals surface area contributed by atoms with Crippen molar-refractivity contribution < 1.29 is 4.79 Å².